The van der Waals surface area contributed by atoms with Crippen LogP contribution in [-0.4, -0.2) is 33.7 Å². The van der Waals surface area contributed by atoms with E-state index in [1.54, 1.807) is 12.1 Å². The fraction of sp³-hybridized carbons (Fsp3) is 0.533. The molecule has 0 saturated heterocycles. The third kappa shape index (κ3) is 5.86. The maximum atomic E-state index is 12.0. The third-order valence-electron chi connectivity index (χ3n) is 3.56. The summed E-state index contributed by atoms with van der Waals surface area (Å²) in [5.74, 6) is -0.107. The summed E-state index contributed by atoms with van der Waals surface area (Å²) in [7, 11) is -3.50. The quantitative estimate of drug-likeness (QED) is 0.751. The molecule has 1 rings (SSSR count). The number of hydrogen-bond acceptors (Lipinski definition) is 3. The summed E-state index contributed by atoms with van der Waals surface area (Å²) in [6.07, 6.45) is 2.62. The maximum absolute atomic E-state index is 12.0. The molecule has 1 N–H and O–H groups in total. The van der Waals surface area contributed by atoms with Crippen LogP contribution in [0.5, 0.6) is 0 Å². The molecule has 0 fully saturated rings. The van der Waals surface area contributed by atoms with Crippen molar-refractivity contribution in [2.75, 3.05) is 23.7 Å². The van der Waals surface area contributed by atoms with Gasteiger partial charge in [-0.25, -0.2) is 8.42 Å². The Labute approximate surface area is 148 Å². The molecule has 130 valence electrons. The molecule has 1 aromatic carbocycles. The van der Waals surface area contributed by atoms with Crippen LogP contribution in [0.3, 0.4) is 0 Å². The Kier molecular flexibility index (Phi) is 7.64. The topological polar surface area (TPSA) is 66.5 Å². The summed E-state index contributed by atoms with van der Waals surface area (Å²) in [5.41, 5.74) is 0.415. The molecule has 0 spiro atoms. The van der Waals surface area contributed by atoms with Crippen LogP contribution in [0.2, 0.25) is 10.0 Å². The smallest absolute Gasteiger partial charge is 0.232 e. The number of rotatable bonds is 8. The molecule has 0 atom stereocenters. The first-order chi connectivity index (χ1) is 10.7. The molecule has 1 aromatic rings. The van der Waals surface area contributed by atoms with E-state index in [4.69, 9.17) is 23.2 Å². The van der Waals surface area contributed by atoms with Gasteiger partial charge in [0.25, 0.3) is 0 Å². The Balaban J connectivity index is 2.82. The van der Waals surface area contributed by atoms with Gasteiger partial charge in [0, 0.05) is 12.5 Å². The lowest BCUT2D eigenvalue weighted by atomic mass is 10.0. The summed E-state index contributed by atoms with van der Waals surface area (Å²) in [6.45, 7) is 4.25. The SMILES string of the molecule is CCC(CC)C(=O)NCCN(c1ccc(Cl)c(Cl)c1)S(C)(=O)=O. The molecule has 23 heavy (non-hydrogen) atoms. The van der Waals surface area contributed by atoms with Gasteiger partial charge < -0.3 is 5.32 Å². The molecule has 0 radical (unpaired) electrons. The largest absolute Gasteiger partial charge is 0.354 e. The van der Waals surface area contributed by atoms with Gasteiger partial charge in [0.15, 0.2) is 0 Å². The molecular weight excluding hydrogens is 359 g/mol. The molecule has 0 aliphatic carbocycles. The minimum atomic E-state index is -3.50. The van der Waals surface area contributed by atoms with Crippen molar-refractivity contribution in [1.29, 1.82) is 0 Å². The number of amides is 1. The van der Waals surface area contributed by atoms with Gasteiger partial charge in [-0.15, -0.1) is 0 Å². The first kappa shape index (κ1) is 20.1. The number of nitrogens with zero attached hydrogens (tertiary/aromatic N) is 1. The summed E-state index contributed by atoms with van der Waals surface area (Å²) in [5, 5.41) is 3.41. The van der Waals surface area contributed by atoms with E-state index in [0.29, 0.717) is 10.7 Å². The monoisotopic (exact) mass is 380 g/mol. The summed E-state index contributed by atoms with van der Waals surface area (Å²) in [4.78, 5) is 12.0. The predicted octanol–water partition coefficient (Wildman–Crippen LogP) is 3.31. The van der Waals surface area contributed by atoms with Crippen molar-refractivity contribution in [2.24, 2.45) is 5.92 Å². The molecular formula is C15H22Cl2N2O3S. The van der Waals surface area contributed by atoms with E-state index in [9.17, 15) is 13.2 Å². The molecule has 1 amide bonds. The second-order valence-corrected chi connectivity index (χ2v) is 7.96. The number of sulfonamides is 1. The maximum Gasteiger partial charge on any atom is 0.232 e. The third-order valence-corrected chi connectivity index (χ3v) is 5.50. The number of halogens is 2. The fourth-order valence-electron chi connectivity index (χ4n) is 2.21. The fourth-order valence-corrected chi connectivity index (χ4v) is 3.42. The van der Waals surface area contributed by atoms with Gasteiger partial charge in [-0.2, -0.15) is 0 Å². The summed E-state index contributed by atoms with van der Waals surface area (Å²) in [6, 6.07) is 4.62. The lowest BCUT2D eigenvalue weighted by Gasteiger charge is -2.23. The minimum absolute atomic E-state index is 0.0494. The van der Waals surface area contributed by atoms with Crippen LogP contribution in [0.25, 0.3) is 0 Å². The van der Waals surface area contributed by atoms with Crippen molar-refractivity contribution in [1.82, 2.24) is 5.32 Å². The van der Waals surface area contributed by atoms with Crippen molar-refractivity contribution < 1.29 is 13.2 Å². The first-order valence-corrected chi connectivity index (χ1v) is 10.0. The van der Waals surface area contributed by atoms with E-state index >= 15 is 0 Å². The second-order valence-electron chi connectivity index (χ2n) is 5.24. The van der Waals surface area contributed by atoms with Crippen LogP contribution in [0.15, 0.2) is 18.2 Å². The zero-order valence-corrected chi connectivity index (χ0v) is 15.8. The molecule has 0 bridgehead atoms. The Morgan fingerprint density at radius 2 is 1.83 bits per heavy atom. The van der Waals surface area contributed by atoms with E-state index in [1.807, 2.05) is 13.8 Å². The van der Waals surface area contributed by atoms with Crippen LogP contribution in [0, 0.1) is 5.92 Å². The molecule has 0 heterocycles. The number of hydrogen-bond donors (Lipinski definition) is 1. The van der Waals surface area contributed by atoms with Crippen molar-refractivity contribution in [3.05, 3.63) is 28.2 Å². The number of carbonyl (C=O) groups is 1. The van der Waals surface area contributed by atoms with Gasteiger partial charge in [0.1, 0.15) is 0 Å². The van der Waals surface area contributed by atoms with Gasteiger partial charge in [-0.1, -0.05) is 37.0 Å². The average Bonchev–Trinajstić information content (AvgIpc) is 2.47. The van der Waals surface area contributed by atoms with Gasteiger partial charge in [-0.05, 0) is 31.0 Å². The highest BCUT2D eigenvalue weighted by Crippen LogP contribution is 2.28. The Hall–Kier alpha value is -0.980. The first-order valence-electron chi connectivity index (χ1n) is 7.41. The number of benzene rings is 1. The van der Waals surface area contributed by atoms with Crippen LogP contribution < -0.4 is 9.62 Å². The zero-order chi connectivity index (χ0) is 17.6. The van der Waals surface area contributed by atoms with Crippen molar-refractivity contribution in [3.8, 4) is 0 Å². The predicted molar refractivity (Wildman–Crippen MR) is 95.7 cm³/mol. The Bertz CT molecular complexity index is 646. The molecule has 0 aromatic heterocycles. The second kappa shape index (κ2) is 8.76. The Morgan fingerprint density at radius 3 is 2.30 bits per heavy atom. The minimum Gasteiger partial charge on any atom is -0.354 e. The van der Waals surface area contributed by atoms with Crippen LogP contribution >= 0.6 is 23.2 Å². The highest BCUT2D eigenvalue weighted by molar-refractivity contribution is 7.92. The summed E-state index contributed by atoms with van der Waals surface area (Å²) >= 11 is 11.8. The van der Waals surface area contributed by atoms with E-state index < -0.39 is 10.0 Å². The highest BCUT2D eigenvalue weighted by atomic mass is 35.5. The lowest BCUT2D eigenvalue weighted by molar-refractivity contribution is -0.125. The number of carbonyl (C=O) groups excluding carboxylic acids is 1. The number of nitrogens with one attached hydrogen (secondary N) is 1. The van der Waals surface area contributed by atoms with Crippen LogP contribution in [0.1, 0.15) is 26.7 Å². The van der Waals surface area contributed by atoms with Gasteiger partial charge in [-0.3, -0.25) is 9.10 Å². The van der Waals surface area contributed by atoms with Gasteiger partial charge in [0.05, 0.1) is 28.5 Å². The highest BCUT2D eigenvalue weighted by Gasteiger charge is 2.19. The van der Waals surface area contributed by atoms with E-state index in [1.165, 1.54) is 10.4 Å². The van der Waals surface area contributed by atoms with Crippen molar-refractivity contribution in [3.63, 3.8) is 0 Å². The van der Waals surface area contributed by atoms with E-state index in [-0.39, 0.29) is 29.9 Å². The van der Waals surface area contributed by atoms with E-state index in [2.05, 4.69) is 5.32 Å². The van der Waals surface area contributed by atoms with Crippen LogP contribution in [0.4, 0.5) is 5.69 Å². The van der Waals surface area contributed by atoms with Crippen LogP contribution in [-0.2, 0) is 14.8 Å². The summed E-state index contributed by atoms with van der Waals surface area (Å²) < 4.78 is 25.2. The number of anilines is 1. The Morgan fingerprint density at radius 1 is 1.22 bits per heavy atom. The molecule has 5 nitrogen and oxygen atoms in total. The molecule has 0 saturated carbocycles. The van der Waals surface area contributed by atoms with Crippen molar-refractivity contribution in [2.45, 2.75) is 26.7 Å². The normalized spacial score (nSPS) is 11.6. The van der Waals surface area contributed by atoms with E-state index in [0.717, 1.165) is 19.1 Å². The van der Waals surface area contributed by atoms with Gasteiger partial charge in [0.2, 0.25) is 15.9 Å². The average molecular weight is 381 g/mol. The molecule has 8 heteroatoms. The zero-order valence-electron chi connectivity index (χ0n) is 13.5. The standard InChI is InChI=1S/C15H22Cl2N2O3S/c1-4-11(5-2)15(20)18-8-9-19(23(3,21)22)12-6-7-13(16)14(17)10-12/h6-7,10-11H,4-5,8-9H2,1-3H3,(H,18,20). The molecule has 0 unspecified atom stereocenters. The molecule has 0 aliphatic rings. The lowest BCUT2D eigenvalue weighted by Crippen LogP contribution is -2.39. The van der Waals surface area contributed by atoms with Crippen molar-refractivity contribution >= 4 is 44.8 Å². The van der Waals surface area contributed by atoms with Gasteiger partial charge >= 0.3 is 0 Å². The molecule has 0 aliphatic heterocycles.